The predicted molar refractivity (Wildman–Crippen MR) is 139 cm³/mol. The number of hydrogen-bond acceptors (Lipinski definition) is 4. The van der Waals surface area contributed by atoms with Crippen LogP contribution in [0, 0.1) is 17.7 Å². The van der Waals surface area contributed by atoms with Crippen molar-refractivity contribution < 1.29 is 18.8 Å². The molecule has 0 bridgehead atoms. The van der Waals surface area contributed by atoms with Gasteiger partial charge in [0.15, 0.2) is 5.78 Å². The molecular formula is C30H32FN3O3. The van der Waals surface area contributed by atoms with E-state index in [4.69, 9.17) is 4.99 Å². The molecule has 2 heterocycles. The second-order valence-electron chi connectivity index (χ2n) is 11.1. The molecule has 1 atom stereocenters. The Hall–Kier alpha value is -3.35. The minimum atomic E-state index is -0.773. The average Bonchev–Trinajstić information content (AvgIpc) is 3.35. The topological polar surface area (TPSA) is 70.1 Å². The quantitative estimate of drug-likeness (QED) is 0.531. The smallest absolute Gasteiger partial charge is 0.256 e. The lowest BCUT2D eigenvalue weighted by atomic mass is 9.97. The van der Waals surface area contributed by atoms with Gasteiger partial charge in [-0.25, -0.2) is 4.39 Å². The van der Waals surface area contributed by atoms with Crippen molar-refractivity contribution in [3.8, 4) is 11.1 Å². The average molecular weight is 502 g/mol. The Morgan fingerprint density at radius 2 is 1.73 bits per heavy atom. The molecule has 3 fully saturated rings. The third kappa shape index (κ3) is 4.38. The van der Waals surface area contributed by atoms with E-state index >= 15 is 4.39 Å². The maximum atomic E-state index is 15.6. The van der Waals surface area contributed by atoms with Gasteiger partial charge in [-0.2, -0.15) is 0 Å². The highest BCUT2D eigenvalue weighted by Gasteiger charge is 2.51. The van der Waals surface area contributed by atoms with Crippen molar-refractivity contribution in [3.63, 3.8) is 0 Å². The molecule has 0 radical (unpaired) electrons. The van der Waals surface area contributed by atoms with Crippen LogP contribution in [0.2, 0.25) is 0 Å². The van der Waals surface area contributed by atoms with E-state index in [0.29, 0.717) is 48.5 Å². The Morgan fingerprint density at radius 1 is 1.03 bits per heavy atom. The van der Waals surface area contributed by atoms with Crippen molar-refractivity contribution in [2.75, 3.05) is 19.6 Å². The molecule has 192 valence electrons. The Bertz CT molecular complexity index is 1290. The maximum Gasteiger partial charge on any atom is 0.256 e. The van der Waals surface area contributed by atoms with E-state index < -0.39 is 11.4 Å². The monoisotopic (exact) mass is 501 g/mol. The lowest BCUT2D eigenvalue weighted by molar-refractivity contribution is -0.131. The van der Waals surface area contributed by atoms with Gasteiger partial charge in [-0.15, -0.1) is 0 Å². The van der Waals surface area contributed by atoms with Crippen LogP contribution in [0.25, 0.3) is 11.1 Å². The number of ketones is 1. The fourth-order valence-electron chi connectivity index (χ4n) is 6.12. The van der Waals surface area contributed by atoms with Gasteiger partial charge in [0.25, 0.3) is 5.91 Å². The van der Waals surface area contributed by atoms with Crippen LogP contribution in [0.5, 0.6) is 0 Å². The second kappa shape index (κ2) is 9.19. The summed E-state index contributed by atoms with van der Waals surface area (Å²) in [5.41, 5.74) is 1.70. The number of nitrogens with zero attached hydrogens (tertiary/aromatic N) is 3. The Labute approximate surface area is 216 Å². The normalized spacial score (nSPS) is 22.7. The number of carbonyl (C=O) groups excluding carboxylic acids is 3. The molecule has 0 N–H and O–H groups in total. The van der Waals surface area contributed by atoms with Crippen LogP contribution in [0.15, 0.2) is 47.5 Å². The maximum absolute atomic E-state index is 15.6. The summed E-state index contributed by atoms with van der Waals surface area (Å²) < 4.78 is 15.6. The first-order valence-corrected chi connectivity index (χ1v) is 13.5. The summed E-state index contributed by atoms with van der Waals surface area (Å²) in [6.45, 7) is 3.35. The predicted octanol–water partition coefficient (Wildman–Crippen LogP) is 4.86. The molecule has 6 rings (SSSR count). The molecule has 2 aromatic carbocycles. The molecule has 2 amide bonds. The summed E-state index contributed by atoms with van der Waals surface area (Å²) in [5, 5.41) is 0. The Morgan fingerprint density at radius 3 is 2.38 bits per heavy atom. The van der Waals surface area contributed by atoms with E-state index in [1.807, 2.05) is 23.1 Å². The van der Waals surface area contributed by atoms with Gasteiger partial charge in [-0.05, 0) is 68.2 Å². The highest BCUT2D eigenvalue weighted by molar-refractivity contribution is 6.15. The first-order chi connectivity index (χ1) is 17.8. The van der Waals surface area contributed by atoms with E-state index in [1.165, 1.54) is 13.0 Å². The van der Waals surface area contributed by atoms with E-state index in [1.54, 1.807) is 23.1 Å². The standard InChI is InChI=1S/C30H32FN3O3/c1-19(35)21-4-6-22(7-5-21)24-10-11-25(26(31)16-24)27-32-30(13-2-3-14-30)29(37)34(27)18-20-12-15-33(17-20)28(36)23-8-9-23/h4-7,10-11,16,20,23H,2-3,8-9,12-15,17-18H2,1H3. The van der Waals surface area contributed by atoms with Crippen molar-refractivity contribution in [1.29, 1.82) is 0 Å². The summed E-state index contributed by atoms with van der Waals surface area (Å²) in [5.74, 6) is 0.573. The largest absolute Gasteiger partial charge is 0.342 e. The molecule has 2 saturated carbocycles. The number of halogens is 1. The van der Waals surface area contributed by atoms with Crippen LogP contribution >= 0.6 is 0 Å². The number of carbonyl (C=O) groups is 3. The van der Waals surface area contributed by atoms with Gasteiger partial charge in [0.2, 0.25) is 5.91 Å². The van der Waals surface area contributed by atoms with E-state index in [2.05, 4.69) is 0 Å². The van der Waals surface area contributed by atoms with Crippen molar-refractivity contribution in [3.05, 3.63) is 59.4 Å². The highest BCUT2D eigenvalue weighted by atomic mass is 19.1. The van der Waals surface area contributed by atoms with E-state index in [0.717, 1.165) is 44.2 Å². The number of likely N-dealkylation sites (tertiary alicyclic amines) is 1. The minimum absolute atomic E-state index is 0.0137. The first kappa shape index (κ1) is 24.0. The highest BCUT2D eigenvalue weighted by Crippen LogP contribution is 2.41. The number of amides is 2. The summed E-state index contributed by atoms with van der Waals surface area (Å²) in [6, 6.07) is 12.2. The zero-order valence-electron chi connectivity index (χ0n) is 21.2. The van der Waals surface area contributed by atoms with E-state index in [-0.39, 0.29) is 29.4 Å². The number of benzene rings is 2. The first-order valence-electron chi connectivity index (χ1n) is 13.5. The van der Waals surface area contributed by atoms with Crippen molar-refractivity contribution in [2.24, 2.45) is 16.8 Å². The molecule has 2 aliphatic heterocycles. The van der Waals surface area contributed by atoms with Gasteiger partial charge in [0, 0.05) is 31.1 Å². The van der Waals surface area contributed by atoms with Crippen molar-refractivity contribution >= 4 is 23.4 Å². The van der Waals surface area contributed by atoms with Gasteiger partial charge in [0.1, 0.15) is 17.2 Å². The molecule has 37 heavy (non-hydrogen) atoms. The minimum Gasteiger partial charge on any atom is -0.342 e. The molecule has 4 aliphatic rings. The van der Waals surface area contributed by atoms with Crippen molar-refractivity contribution in [1.82, 2.24) is 9.80 Å². The number of hydrogen-bond donors (Lipinski definition) is 0. The number of amidine groups is 1. The van der Waals surface area contributed by atoms with Crippen molar-refractivity contribution in [2.45, 2.75) is 57.4 Å². The fourth-order valence-corrected chi connectivity index (χ4v) is 6.12. The number of rotatable bonds is 6. The van der Waals surface area contributed by atoms with Crippen LogP contribution in [-0.2, 0) is 9.59 Å². The summed E-state index contributed by atoms with van der Waals surface area (Å²) in [7, 11) is 0. The summed E-state index contributed by atoms with van der Waals surface area (Å²) in [4.78, 5) is 46.4. The lowest BCUT2D eigenvalue weighted by Gasteiger charge is -2.25. The van der Waals surface area contributed by atoms with Gasteiger partial charge in [0.05, 0.1) is 5.56 Å². The molecule has 1 unspecified atom stereocenters. The van der Waals surface area contributed by atoms with Crippen LogP contribution < -0.4 is 0 Å². The molecule has 0 aromatic heterocycles. The van der Waals surface area contributed by atoms with Crippen LogP contribution in [0.3, 0.4) is 0 Å². The van der Waals surface area contributed by atoms with Gasteiger partial charge in [-0.3, -0.25) is 24.3 Å². The summed E-state index contributed by atoms with van der Waals surface area (Å²) in [6.07, 6.45) is 6.11. The Kier molecular flexibility index (Phi) is 5.97. The molecule has 7 heteroatoms. The molecule has 1 saturated heterocycles. The van der Waals surface area contributed by atoms with Gasteiger partial charge < -0.3 is 4.90 Å². The van der Waals surface area contributed by atoms with Crippen LogP contribution in [0.1, 0.15) is 67.8 Å². The van der Waals surface area contributed by atoms with E-state index in [9.17, 15) is 14.4 Å². The fraction of sp³-hybridized carbons (Fsp3) is 0.467. The molecule has 6 nitrogen and oxygen atoms in total. The van der Waals surface area contributed by atoms with Gasteiger partial charge >= 0.3 is 0 Å². The zero-order chi connectivity index (χ0) is 25.7. The lowest BCUT2D eigenvalue weighted by Crippen LogP contribution is -2.44. The van der Waals surface area contributed by atoms with Gasteiger partial charge in [-0.1, -0.05) is 43.2 Å². The molecule has 1 spiro atoms. The third-order valence-corrected chi connectivity index (χ3v) is 8.45. The second-order valence-corrected chi connectivity index (χ2v) is 11.1. The van der Waals surface area contributed by atoms with Crippen LogP contribution in [0.4, 0.5) is 4.39 Å². The number of Topliss-reactive ketones (excluding diaryl/α,β-unsaturated/α-hetero) is 1. The zero-order valence-corrected chi connectivity index (χ0v) is 21.2. The SMILES string of the molecule is CC(=O)c1ccc(-c2ccc(C3=NC4(CCCC4)C(=O)N3CC3CCN(C(=O)C4CC4)C3)c(F)c2)cc1. The summed E-state index contributed by atoms with van der Waals surface area (Å²) >= 11 is 0. The molecular weight excluding hydrogens is 469 g/mol. The molecule has 2 aromatic rings. The molecule has 2 aliphatic carbocycles. The van der Waals surface area contributed by atoms with Crippen LogP contribution in [-0.4, -0.2) is 58.4 Å². The Balaban J connectivity index is 1.27. The third-order valence-electron chi connectivity index (χ3n) is 8.45. The number of aliphatic imine (C=N–C) groups is 1.